The summed E-state index contributed by atoms with van der Waals surface area (Å²) < 4.78 is 32.5. The molecule has 7 heteroatoms. The second-order valence-corrected chi connectivity index (χ2v) is 6.69. The van der Waals surface area contributed by atoms with Gasteiger partial charge in [-0.15, -0.1) is 0 Å². The number of ether oxygens (including phenoxy) is 1. The Bertz CT molecular complexity index is 769. The normalized spacial score (nSPS) is 16.1. The number of rotatable bonds is 5. The zero-order valence-electron chi connectivity index (χ0n) is 13.6. The first-order valence-electron chi connectivity index (χ1n) is 8.19. The number of aromatic amines is 1. The topological polar surface area (TPSA) is 45.3 Å². The second kappa shape index (κ2) is 7.97. The minimum absolute atomic E-state index is 0.134. The van der Waals surface area contributed by atoms with Gasteiger partial charge in [0.2, 0.25) is 0 Å². The molecule has 1 aliphatic rings. The number of hydrogen-bond donors (Lipinski definition) is 1. The summed E-state index contributed by atoms with van der Waals surface area (Å²) in [6.45, 7) is 2.40. The fraction of sp³-hybridized carbons (Fsp3) is 0.389. The molecule has 4 nitrogen and oxygen atoms in total. The monoisotopic (exact) mass is 368 g/mol. The summed E-state index contributed by atoms with van der Waals surface area (Å²) in [5, 5.41) is 0.504. The number of para-hydroxylation sites is 1. The molecule has 134 valence electrons. The van der Waals surface area contributed by atoms with Crippen molar-refractivity contribution in [1.82, 2.24) is 9.88 Å². The van der Waals surface area contributed by atoms with Crippen LogP contribution in [-0.2, 0) is 6.54 Å². The standard InChI is InChI=1S/C18H19ClF2N2O2/c19-14-8-13(18(24)22-9-14)10-23-6-4-12(5-7-23)11-25-17-15(20)2-1-3-16(17)21/h1-3,8-9,12H,4-7,10-11H2,(H,22,24). The Kier molecular flexibility index (Phi) is 5.71. The van der Waals surface area contributed by atoms with Crippen LogP contribution in [0.25, 0.3) is 0 Å². The molecule has 0 spiro atoms. The molecule has 1 aliphatic heterocycles. The van der Waals surface area contributed by atoms with Gasteiger partial charge in [0, 0.05) is 18.3 Å². The van der Waals surface area contributed by atoms with Gasteiger partial charge in [-0.25, -0.2) is 8.78 Å². The van der Waals surface area contributed by atoms with Crippen LogP contribution in [-0.4, -0.2) is 29.6 Å². The van der Waals surface area contributed by atoms with Gasteiger partial charge >= 0.3 is 0 Å². The molecule has 1 fully saturated rings. The van der Waals surface area contributed by atoms with Crippen LogP contribution in [0, 0.1) is 17.6 Å². The Hall–Kier alpha value is -1.92. The first-order chi connectivity index (χ1) is 12.0. The third-order valence-electron chi connectivity index (χ3n) is 4.43. The molecule has 25 heavy (non-hydrogen) atoms. The lowest BCUT2D eigenvalue weighted by Gasteiger charge is -2.31. The van der Waals surface area contributed by atoms with Crippen molar-refractivity contribution in [3.63, 3.8) is 0 Å². The predicted molar refractivity (Wildman–Crippen MR) is 91.9 cm³/mol. The number of nitrogens with zero attached hydrogens (tertiary/aromatic N) is 1. The summed E-state index contributed by atoms with van der Waals surface area (Å²) in [5.74, 6) is -1.45. The molecule has 1 N–H and O–H groups in total. The molecule has 0 atom stereocenters. The minimum atomic E-state index is -0.683. The van der Waals surface area contributed by atoms with Crippen LogP contribution >= 0.6 is 11.6 Å². The Labute approximate surface area is 149 Å². The van der Waals surface area contributed by atoms with E-state index in [1.165, 1.54) is 24.4 Å². The molecular formula is C18H19ClF2N2O2. The van der Waals surface area contributed by atoms with Gasteiger partial charge in [0.15, 0.2) is 17.4 Å². The molecule has 0 aliphatic carbocycles. The van der Waals surface area contributed by atoms with Gasteiger partial charge in [0.25, 0.3) is 5.56 Å². The van der Waals surface area contributed by atoms with Crippen LogP contribution in [0.1, 0.15) is 18.4 Å². The van der Waals surface area contributed by atoms with Gasteiger partial charge in [-0.2, -0.15) is 0 Å². The van der Waals surface area contributed by atoms with E-state index in [0.29, 0.717) is 17.1 Å². The van der Waals surface area contributed by atoms with Crippen molar-refractivity contribution in [1.29, 1.82) is 0 Å². The maximum atomic E-state index is 13.6. The average Bonchev–Trinajstić information content (AvgIpc) is 2.59. The molecule has 0 unspecified atom stereocenters. The maximum absolute atomic E-state index is 13.6. The summed E-state index contributed by atoms with van der Waals surface area (Å²) in [6.07, 6.45) is 3.15. The van der Waals surface area contributed by atoms with Crippen LogP contribution in [0.15, 0.2) is 35.3 Å². The Morgan fingerprint density at radius 2 is 1.92 bits per heavy atom. The number of pyridine rings is 1. The number of hydrogen-bond acceptors (Lipinski definition) is 3. The molecule has 1 aromatic heterocycles. The number of aromatic nitrogens is 1. The highest BCUT2D eigenvalue weighted by molar-refractivity contribution is 6.30. The average molecular weight is 369 g/mol. The van der Waals surface area contributed by atoms with E-state index >= 15 is 0 Å². The maximum Gasteiger partial charge on any atom is 0.252 e. The van der Waals surface area contributed by atoms with E-state index in [4.69, 9.17) is 16.3 Å². The van der Waals surface area contributed by atoms with E-state index in [-0.39, 0.29) is 23.8 Å². The van der Waals surface area contributed by atoms with Crippen molar-refractivity contribution in [3.8, 4) is 5.75 Å². The molecule has 0 amide bonds. The van der Waals surface area contributed by atoms with E-state index in [1.807, 2.05) is 0 Å². The summed E-state index contributed by atoms with van der Waals surface area (Å²) in [4.78, 5) is 16.6. The highest BCUT2D eigenvalue weighted by Gasteiger charge is 2.21. The number of piperidine rings is 1. The molecule has 3 rings (SSSR count). The number of likely N-dealkylation sites (tertiary alicyclic amines) is 1. The number of H-pyrrole nitrogens is 1. The smallest absolute Gasteiger partial charge is 0.252 e. The van der Waals surface area contributed by atoms with Gasteiger partial charge < -0.3 is 9.72 Å². The third-order valence-corrected chi connectivity index (χ3v) is 4.65. The lowest BCUT2D eigenvalue weighted by Crippen LogP contribution is -2.36. The summed E-state index contributed by atoms with van der Waals surface area (Å²) >= 11 is 5.92. The van der Waals surface area contributed by atoms with Crippen LogP contribution in [0.4, 0.5) is 8.78 Å². The largest absolute Gasteiger partial charge is 0.487 e. The van der Waals surface area contributed by atoms with Gasteiger partial charge in [-0.05, 0) is 50.0 Å². The highest BCUT2D eigenvalue weighted by Crippen LogP contribution is 2.24. The summed E-state index contributed by atoms with van der Waals surface area (Å²) in [7, 11) is 0. The summed E-state index contributed by atoms with van der Waals surface area (Å²) in [5.41, 5.74) is 0.500. The van der Waals surface area contributed by atoms with Crippen molar-refractivity contribution in [2.75, 3.05) is 19.7 Å². The lowest BCUT2D eigenvalue weighted by atomic mass is 9.97. The molecule has 0 bridgehead atoms. The van der Waals surface area contributed by atoms with Crippen LogP contribution in [0.3, 0.4) is 0 Å². The van der Waals surface area contributed by atoms with Crippen LogP contribution < -0.4 is 10.3 Å². The van der Waals surface area contributed by atoms with E-state index < -0.39 is 11.6 Å². The van der Waals surface area contributed by atoms with Crippen molar-refractivity contribution >= 4 is 11.6 Å². The number of benzene rings is 1. The van der Waals surface area contributed by atoms with Gasteiger partial charge in [0.05, 0.1) is 11.6 Å². The van der Waals surface area contributed by atoms with Crippen LogP contribution in [0.5, 0.6) is 5.75 Å². The minimum Gasteiger partial charge on any atom is -0.487 e. The van der Waals surface area contributed by atoms with Crippen molar-refractivity contribution < 1.29 is 13.5 Å². The molecule has 0 saturated carbocycles. The van der Waals surface area contributed by atoms with E-state index in [0.717, 1.165) is 25.9 Å². The van der Waals surface area contributed by atoms with Crippen molar-refractivity contribution in [2.45, 2.75) is 19.4 Å². The first kappa shape index (κ1) is 17.9. The Balaban J connectivity index is 1.50. The van der Waals surface area contributed by atoms with Gasteiger partial charge in [-0.1, -0.05) is 17.7 Å². The molecular weight excluding hydrogens is 350 g/mol. The molecule has 2 aromatic rings. The lowest BCUT2D eigenvalue weighted by molar-refractivity contribution is 0.132. The Morgan fingerprint density at radius 3 is 2.60 bits per heavy atom. The number of halogens is 3. The third kappa shape index (κ3) is 4.58. The van der Waals surface area contributed by atoms with Crippen molar-refractivity contribution in [2.24, 2.45) is 5.92 Å². The zero-order valence-corrected chi connectivity index (χ0v) is 14.4. The van der Waals surface area contributed by atoms with Gasteiger partial charge in [0.1, 0.15) is 0 Å². The molecule has 0 radical (unpaired) electrons. The second-order valence-electron chi connectivity index (χ2n) is 6.25. The number of nitrogens with one attached hydrogen (secondary N) is 1. The van der Waals surface area contributed by atoms with E-state index in [1.54, 1.807) is 6.07 Å². The molecule has 2 heterocycles. The molecule has 1 saturated heterocycles. The fourth-order valence-electron chi connectivity index (χ4n) is 2.99. The Morgan fingerprint density at radius 1 is 1.24 bits per heavy atom. The van der Waals surface area contributed by atoms with Crippen LogP contribution in [0.2, 0.25) is 5.02 Å². The summed E-state index contributed by atoms with van der Waals surface area (Å²) in [6, 6.07) is 5.36. The van der Waals surface area contributed by atoms with Gasteiger partial charge in [-0.3, -0.25) is 9.69 Å². The highest BCUT2D eigenvalue weighted by atomic mass is 35.5. The zero-order chi connectivity index (χ0) is 17.8. The molecule has 1 aromatic carbocycles. The SMILES string of the molecule is O=c1[nH]cc(Cl)cc1CN1CCC(COc2c(F)cccc2F)CC1. The quantitative estimate of drug-likeness (QED) is 0.877. The first-order valence-corrected chi connectivity index (χ1v) is 8.57. The van der Waals surface area contributed by atoms with Crippen molar-refractivity contribution in [3.05, 3.63) is 63.0 Å². The van der Waals surface area contributed by atoms with E-state index in [9.17, 15) is 13.6 Å². The van der Waals surface area contributed by atoms with E-state index in [2.05, 4.69) is 9.88 Å². The predicted octanol–water partition coefficient (Wildman–Crippen LogP) is 3.60. The fourth-order valence-corrected chi connectivity index (χ4v) is 3.18.